The Labute approximate surface area is 178 Å². The molecule has 1 nitrogen and oxygen atoms in total. The number of hydrogen-bond donors (Lipinski definition) is 1. The van der Waals surface area contributed by atoms with E-state index >= 15 is 0 Å². The van der Waals surface area contributed by atoms with Gasteiger partial charge in [-0.25, -0.2) is 0 Å². The Morgan fingerprint density at radius 3 is 2.22 bits per heavy atom. The van der Waals surface area contributed by atoms with Crippen molar-refractivity contribution >= 4 is 35.0 Å². The second-order valence-corrected chi connectivity index (χ2v) is 8.58. The summed E-state index contributed by atoms with van der Waals surface area (Å²) in [5.74, 6) is 0. The van der Waals surface area contributed by atoms with E-state index in [9.17, 15) is 0 Å². The Morgan fingerprint density at radius 2 is 1.63 bits per heavy atom. The van der Waals surface area contributed by atoms with Gasteiger partial charge in [-0.3, -0.25) is 0 Å². The molecule has 3 aromatic rings. The Bertz CT molecular complexity index is 904. The molecular weight excluding hydrogens is 411 g/mol. The van der Waals surface area contributed by atoms with Gasteiger partial charge >= 0.3 is 35.6 Å². The van der Waals surface area contributed by atoms with Crippen LogP contribution < -0.4 is 0 Å². The molecule has 1 aliphatic carbocycles. The molecule has 0 heterocycles. The second kappa shape index (κ2) is 12.2. The molecule has 0 spiro atoms. The first-order chi connectivity index (χ1) is 13.2. The van der Waals surface area contributed by atoms with Crippen molar-refractivity contribution in [3.8, 4) is 0 Å². The number of aliphatic hydroxyl groups excluding tert-OH is 1. The molecule has 0 radical (unpaired) electrons. The third-order valence-electron chi connectivity index (χ3n) is 4.08. The van der Waals surface area contributed by atoms with E-state index < -0.39 is 17.0 Å². The van der Waals surface area contributed by atoms with E-state index in [0.29, 0.717) is 0 Å². The molecule has 0 saturated heterocycles. The monoisotopic (exact) mass is 431 g/mol. The average molecular weight is 432 g/mol. The molecule has 138 valence electrons. The number of rotatable bonds is 2. The average Bonchev–Trinajstić information content (AvgIpc) is 3.16. The molecule has 0 saturated carbocycles. The van der Waals surface area contributed by atoms with E-state index in [-0.39, 0.29) is 6.61 Å². The molecule has 4 rings (SSSR count). The SMILES string of the molecule is CC1=CCC(c2[c-]c3ccccc3cc2)=C1.OCc1ccccc1.[Cl][Ti][Cl]. The van der Waals surface area contributed by atoms with E-state index in [4.69, 9.17) is 23.7 Å². The first-order valence-electron chi connectivity index (χ1n) is 8.57. The minimum absolute atomic E-state index is 0.140. The summed E-state index contributed by atoms with van der Waals surface area (Å²) in [5.41, 5.74) is 4.93. The first-order valence-corrected chi connectivity index (χ1v) is 12.9. The standard InChI is InChI=1S/C16H13.C7H8O.2ClH.Ti/c1-12-6-7-15(10-12)16-9-8-13-4-2-3-5-14(13)11-16;8-6-7-4-2-1-3-5-7;;;/h2-6,8-10H,7H2,1H3;1-5,8H,6H2;2*1H;/q-1;;;;+2/p-2. The molecule has 0 aromatic heterocycles. The van der Waals surface area contributed by atoms with Gasteiger partial charge in [0.15, 0.2) is 0 Å². The van der Waals surface area contributed by atoms with E-state index in [1.165, 1.54) is 27.5 Å². The Balaban J connectivity index is 0.000000200. The Kier molecular flexibility index (Phi) is 9.90. The summed E-state index contributed by atoms with van der Waals surface area (Å²) in [6.45, 7) is 2.29. The van der Waals surface area contributed by atoms with Gasteiger partial charge in [0.25, 0.3) is 0 Å². The van der Waals surface area contributed by atoms with Crippen LogP contribution in [0.1, 0.15) is 24.5 Å². The first kappa shape index (κ1) is 21.9. The van der Waals surface area contributed by atoms with Crippen LogP contribution in [0.3, 0.4) is 0 Å². The molecule has 0 unspecified atom stereocenters. The van der Waals surface area contributed by atoms with Crippen molar-refractivity contribution in [2.24, 2.45) is 0 Å². The van der Waals surface area contributed by atoms with Crippen molar-refractivity contribution in [2.45, 2.75) is 20.0 Å². The van der Waals surface area contributed by atoms with Gasteiger partial charge in [0, 0.05) is 0 Å². The fraction of sp³-hybridized carbons (Fsp3) is 0.130. The molecule has 0 aliphatic heterocycles. The Morgan fingerprint density at radius 1 is 0.963 bits per heavy atom. The molecule has 0 atom stereocenters. The van der Waals surface area contributed by atoms with E-state index in [0.717, 1.165) is 12.0 Å². The number of aliphatic hydroxyl groups is 1. The van der Waals surface area contributed by atoms with Crippen molar-refractivity contribution in [1.82, 2.24) is 0 Å². The molecule has 0 fully saturated rings. The van der Waals surface area contributed by atoms with Crippen molar-refractivity contribution in [2.75, 3.05) is 0 Å². The fourth-order valence-electron chi connectivity index (χ4n) is 2.74. The number of benzene rings is 3. The molecular formula is C23H21Cl2OTi-. The summed E-state index contributed by atoms with van der Waals surface area (Å²) in [4.78, 5) is 0. The van der Waals surface area contributed by atoms with Crippen molar-refractivity contribution < 1.29 is 22.1 Å². The van der Waals surface area contributed by atoms with Gasteiger partial charge in [-0.15, -0.1) is 40.8 Å². The predicted octanol–water partition coefficient (Wildman–Crippen LogP) is 6.93. The van der Waals surface area contributed by atoms with Crippen LogP contribution in [-0.4, -0.2) is 5.11 Å². The molecule has 0 amide bonds. The number of halogens is 2. The topological polar surface area (TPSA) is 20.2 Å². The van der Waals surface area contributed by atoms with Crippen LogP contribution in [-0.2, 0) is 23.6 Å². The van der Waals surface area contributed by atoms with Gasteiger partial charge in [0.1, 0.15) is 0 Å². The summed E-state index contributed by atoms with van der Waals surface area (Å²) >= 11 is -0.556. The van der Waals surface area contributed by atoms with Crippen LogP contribution in [0, 0.1) is 6.07 Å². The molecule has 1 N–H and O–H groups in total. The van der Waals surface area contributed by atoms with Gasteiger partial charge < -0.3 is 5.11 Å². The molecule has 0 bridgehead atoms. The quantitative estimate of drug-likeness (QED) is 0.344. The van der Waals surface area contributed by atoms with Crippen LogP contribution in [0.15, 0.2) is 84.5 Å². The molecule has 1 aliphatic rings. The third kappa shape index (κ3) is 7.29. The zero-order valence-electron chi connectivity index (χ0n) is 15.1. The number of fused-ring (bicyclic) bond motifs is 1. The van der Waals surface area contributed by atoms with E-state index in [1.807, 2.05) is 30.3 Å². The fourth-order valence-corrected chi connectivity index (χ4v) is 2.74. The molecule has 4 heteroatoms. The number of hydrogen-bond acceptors (Lipinski definition) is 1. The summed E-state index contributed by atoms with van der Waals surface area (Å²) < 4.78 is 0. The van der Waals surface area contributed by atoms with Crippen LogP contribution in [0.5, 0.6) is 0 Å². The van der Waals surface area contributed by atoms with Gasteiger partial charge in [-0.2, -0.15) is 0 Å². The number of allylic oxidation sites excluding steroid dienone is 4. The van der Waals surface area contributed by atoms with Gasteiger partial charge in [0.2, 0.25) is 0 Å². The maximum absolute atomic E-state index is 8.54. The summed E-state index contributed by atoms with van der Waals surface area (Å²) in [7, 11) is 9.78. The molecule has 27 heavy (non-hydrogen) atoms. The van der Waals surface area contributed by atoms with Gasteiger partial charge in [-0.05, 0) is 18.9 Å². The molecule has 3 aromatic carbocycles. The van der Waals surface area contributed by atoms with Gasteiger partial charge in [-0.1, -0.05) is 71.6 Å². The summed E-state index contributed by atoms with van der Waals surface area (Å²) in [5, 5.41) is 11.0. The van der Waals surface area contributed by atoms with Crippen LogP contribution in [0.2, 0.25) is 0 Å². The van der Waals surface area contributed by atoms with Crippen molar-refractivity contribution in [3.05, 3.63) is 102 Å². The van der Waals surface area contributed by atoms with Crippen LogP contribution in [0.4, 0.5) is 0 Å². The van der Waals surface area contributed by atoms with E-state index in [1.54, 1.807) is 0 Å². The van der Waals surface area contributed by atoms with E-state index in [2.05, 4.69) is 61.5 Å². The normalized spacial score (nSPS) is 12.1. The Hall–Kier alpha value is -1.35. The third-order valence-corrected chi connectivity index (χ3v) is 4.08. The zero-order chi connectivity index (χ0) is 19.5. The van der Waals surface area contributed by atoms with Crippen LogP contribution >= 0.6 is 18.6 Å². The second-order valence-electron chi connectivity index (χ2n) is 6.00. The van der Waals surface area contributed by atoms with Gasteiger partial charge in [0.05, 0.1) is 6.61 Å². The van der Waals surface area contributed by atoms with Crippen molar-refractivity contribution in [3.63, 3.8) is 0 Å². The minimum atomic E-state index is -0.556. The summed E-state index contributed by atoms with van der Waals surface area (Å²) in [6.07, 6.45) is 5.56. The zero-order valence-corrected chi connectivity index (χ0v) is 18.2. The summed E-state index contributed by atoms with van der Waals surface area (Å²) in [6, 6.07) is 25.7. The maximum atomic E-state index is 8.54. The van der Waals surface area contributed by atoms with Crippen LogP contribution in [0.25, 0.3) is 16.3 Å². The van der Waals surface area contributed by atoms with Crippen molar-refractivity contribution in [1.29, 1.82) is 0 Å². The predicted molar refractivity (Wildman–Crippen MR) is 113 cm³/mol.